The van der Waals surface area contributed by atoms with Gasteiger partial charge >= 0.3 is 0 Å². The van der Waals surface area contributed by atoms with Crippen LogP contribution in [-0.2, 0) is 11.2 Å². The van der Waals surface area contributed by atoms with Crippen molar-refractivity contribution in [3.8, 4) is 10.4 Å². The van der Waals surface area contributed by atoms with E-state index in [-0.39, 0.29) is 11.8 Å². The molecule has 2 aromatic heterocycles. The van der Waals surface area contributed by atoms with Crippen LogP contribution in [0.25, 0.3) is 10.4 Å². The molecule has 0 saturated carbocycles. The number of hydrogen-bond donors (Lipinski definition) is 1. The summed E-state index contributed by atoms with van der Waals surface area (Å²) in [6.45, 7) is 1.05. The molecule has 3 heterocycles. The first kappa shape index (κ1) is 20.3. The number of nitrogens with zero attached hydrogens (tertiary/aromatic N) is 3. The first-order valence-corrected chi connectivity index (χ1v) is 11.0. The minimum Gasteiger partial charge on any atom is -0.348 e. The van der Waals surface area contributed by atoms with Gasteiger partial charge in [-0.3, -0.25) is 14.7 Å². The van der Waals surface area contributed by atoms with E-state index >= 15 is 0 Å². The highest BCUT2D eigenvalue weighted by atomic mass is 32.1. The summed E-state index contributed by atoms with van der Waals surface area (Å²) in [6.07, 6.45) is 3.73. The van der Waals surface area contributed by atoms with Crippen LogP contribution >= 0.6 is 11.3 Å². The van der Waals surface area contributed by atoms with Crippen molar-refractivity contribution in [2.45, 2.75) is 19.3 Å². The molecule has 0 aliphatic carbocycles. The van der Waals surface area contributed by atoms with Crippen molar-refractivity contribution >= 4 is 23.2 Å². The molecule has 1 fully saturated rings. The lowest BCUT2D eigenvalue weighted by Crippen LogP contribution is -2.54. The second kappa shape index (κ2) is 8.44. The lowest BCUT2D eigenvalue weighted by atomic mass is 9.73. The number of piperidine rings is 1. The highest BCUT2D eigenvalue weighted by Gasteiger charge is 2.45. The number of hydrogen-bond acceptors (Lipinski definition) is 4. The van der Waals surface area contributed by atoms with E-state index in [2.05, 4.69) is 33.8 Å². The van der Waals surface area contributed by atoms with Gasteiger partial charge in [0, 0.05) is 38.3 Å². The molecule has 1 atom stereocenters. The summed E-state index contributed by atoms with van der Waals surface area (Å²) in [5, 5.41) is 8.72. The lowest BCUT2D eigenvalue weighted by Gasteiger charge is -2.43. The Kier molecular flexibility index (Phi) is 5.72. The number of amides is 2. The molecule has 1 aromatic carbocycles. The van der Waals surface area contributed by atoms with Gasteiger partial charge in [0.1, 0.15) is 5.69 Å². The normalized spacial score (nSPS) is 18.9. The fraction of sp³-hybridized carbons (Fsp3) is 0.348. The van der Waals surface area contributed by atoms with E-state index in [4.69, 9.17) is 0 Å². The summed E-state index contributed by atoms with van der Waals surface area (Å²) in [5.41, 5.74) is 2.12. The van der Waals surface area contributed by atoms with Crippen molar-refractivity contribution in [1.82, 2.24) is 20.0 Å². The Morgan fingerprint density at radius 2 is 2.03 bits per heavy atom. The zero-order valence-electron chi connectivity index (χ0n) is 17.3. The van der Waals surface area contributed by atoms with E-state index in [9.17, 15) is 9.59 Å². The topological polar surface area (TPSA) is 69.3 Å². The molecule has 156 valence electrons. The van der Waals surface area contributed by atoms with Gasteiger partial charge in [0.25, 0.3) is 5.91 Å². The number of carbonyl (C=O) groups excluding carboxylic acids is 2. The van der Waals surface area contributed by atoms with Gasteiger partial charge in [-0.05, 0) is 47.9 Å². The van der Waals surface area contributed by atoms with Crippen LogP contribution in [0, 0.1) is 5.41 Å². The highest BCUT2D eigenvalue weighted by molar-refractivity contribution is 7.13. The number of benzene rings is 1. The molecular weight excluding hydrogens is 396 g/mol. The number of carbonyl (C=O) groups is 2. The van der Waals surface area contributed by atoms with Crippen molar-refractivity contribution in [2.24, 2.45) is 5.41 Å². The monoisotopic (exact) mass is 422 g/mol. The van der Waals surface area contributed by atoms with Crippen molar-refractivity contribution in [2.75, 3.05) is 27.2 Å². The quantitative estimate of drug-likeness (QED) is 0.682. The standard InChI is InChI=1S/C23H26N4O2S/c1-26(2)22(29)23(11-6-13-27(16-23)21(28)19-10-12-24-25-19)15-17-7-3-4-8-18(17)20-9-5-14-30-20/h3-5,7-10,12,14H,6,11,13,15-16H2,1-2H3,(H,24,25)/t23-/m1/s1. The minimum atomic E-state index is -0.648. The van der Waals surface area contributed by atoms with Gasteiger partial charge < -0.3 is 9.80 Å². The van der Waals surface area contributed by atoms with Crippen LogP contribution in [0.5, 0.6) is 0 Å². The number of nitrogens with one attached hydrogen (secondary N) is 1. The van der Waals surface area contributed by atoms with E-state index in [0.29, 0.717) is 25.2 Å². The van der Waals surface area contributed by atoms with E-state index in [0.717, 1.165) is 24.0 Å². The summed E-state index contributed by atoms with van der Waals surface area (Å²) in [6, 6.07) is 14.1. The van der Waals surface area contributed by atoms with E-state index in [1.165, 1.54) is 4.88 Å². The second-order valence-corrected chi connectivity index (χ2v) is 9.04. The molecular formula is C23H26N4O2S. The zero-order chi connectivity index (χ0) is 21.1. The Morgan fingerprint density at radius 1 is 1.20 bits per heavy atom. The molecule has 7 heteroatoms. The van der Waals surface area contributed by atoms with Gasteiger partial charge in [-0.25, -0.2) is 0 Å². The van der Waals surface area contributed by atoms with Gasteiger partial charge in [0.2, 0.25) is 5.91 Å². The maximum atomic E-state index is 13.4. The number of aromatic nitrogens is 2. The Hall–Kier alpha value is -2.93. The van der Waals surface area contributed by atoms with E-state index < -0.39 is 5.41 Å². The van der Waals surface area contributed by atoms with Crippen LogP contribution in [-0.4, -0.2) is 59.0 Å². The largest absolute Gasteiger partial charge is 0.348 e. The number of aromatic amines is 1. The smallest absolute Gasteiger partial charge is 0.271 e. The fourth-order valence-electron chi connectivity index (χ4n) is 4.43. The van der Waals surface area contributed by atoms with Crippen LogP contribution in [0.1, 0.15) is 28.9 Å². The summed E-state index contributed by atoms with van der Waals surface area (Å²) < 4.78 is 0. The van der Waals surface area contributed by atoms with Crippen molar-refractivity contribution in [3.63, 3.8) is 0 Å². The Bertz CT molecular complexity index is 1010. The van der Waals surface area contributed by atoms with Crippen LogP contribution in [0.3, 0.4) is 0 Å². The average Bonchev–Trinajstić information content (AvgIpc) is 3.47. The van der Waals surface area contributed by atoms with Gasteiger partial charge in [0.15, 0.2) is 0 Å². The summed E-state index contributed by atoms with van der Waals surface area (Å²) >= 11 is 1.70. The lowest BCUT2D eigenvalue weighted by molar-refractivity contribution is -0.142. The van der Waals surface area contributed by atoms with E-state index in [1.807, 2.05) is 18.2 Å². The van der Waals surface area contributed by atoms with Crippen molar-refractivity contribution in [1.29, 1.82) is 0 Å². The van der Waals surface area contributed by atoms with E-state index in [1.54, 1.807) is 47.5 Å². The number of rotatable bonds is 5. The maximum Gasteiger partial charge on any atom is 0.271 e. The Balaban J connectivity index is 1.69. The first-order chi connectivity index (χ1) is 14.5. The molecule has 1 N–H and O–H groups in total. The second-order valence-electron chi connectivity index (χ2n) is 8.09. The molecule has 0 unspecified atom stereocenters. The number of likely N-dealkylation sites (tertiary alicyclic amines) is 1. The van der Waals surface area contributed by atoms with Crippen LogP contribution in [0.2, 0.25) is 0 Å². The molecule has 1 saturated heterocycles. The molecule has 3 aromatic rings. The molecule has 0 bridgehead atoms. The van der Waals surface area contributed by atoms with Gasteiger partial charge in [-0.15, -0.1) is 11.3 Å². The van der Waals surface area contributed by atoms with Crippen molar-refractivity contribution < 1.29 is 9.59 Å². The molecule has 1 aliphatic rings. The third-order valence-corrected chi connectivity index (χ3v) is 6.69. The average molecular weight is 423 g/mol. The molecule has 6 nitrogen and oxygen atoms in total. The van der Waals surface area contributed by atoms with Gasteiger partial charge in [-0.1, -0.05) is 30.3 Å². The summed E-state index contributed by atoms with van der Waals surface area (Å²) in [7, 11) is 3.59. The van der Waals surface area contributed by atoms with Crippen LogP contribution in [0.4, 0.5) is 0 Å². The highest BCUT2D eigenvalue weighted by Crippen LogP contribution is 2.39. The van der Waals surface area contributed by atoms with Crippen LogP contribution in [0.15, 0.2) is 54.0 Å². The molecule has 2 amide bonds. The Labute approximate surface area is 180 Å². The predicted octanol–water partition coefficient (Wildman–Crippen LogP) is 3.69. The summed E-state index contributed by atoms with van der Waals surface area (Å²) in [4.78, 5) is 31.1. The molecule has 4 rings (SSSR count). The summed E-state index contributed by atoms with van der Waals surface area (Å²) in [5.74, 6) is -0.0275. The SMILES string of the molecule is CN(C)C(=O)[C@@]1(Cc2ccccc2-c2cccs2)CCCN(C(=O)c2ccn[nH]2)C1. The third kappa shape index (κ3) is 3.89. The molecule has 0 spiro atoms. The minimum absolute atomic E-state index is 0.0746. The fourth-order valence-corrected chi connectivity index (χ4v) is 5.22. The van der Waals surface area contributed by atoms with Crippen molar-refractivity contribution in [3.05, 3.63) is 65.3 Å². The van der Waals surface area contributed by atoms with Gasteiger partial charge in [-0.2, -0.15) is 5.10 Å². The number of H-pyrrole nitrogens is 1. The maximum absolute atomic E-state index is 13.4. The zero-order valence-corrected chi connectivity index (χ0v) is 18.1. The number of thiophene rings is 1. The van der Waals surface area contributed by atoms with Gasteiger partial charge in [0.05, 0.1) is 5.41 Å². The van der Waals surface area contributed by atoms with Crippen LogP contribution < -0.4 is 0 Å². The first-order valence-electron chi connectivity index (χ1n) is 10.1. The predicted molar refractivity (Wildman–Crippen MR) is 118 cm³/mol. The molecule has 1 aliphatic heterocycles. The third-order valence-electron chi connectivity index (χ3n) is 5.79. The molecule has 30 heavy (non-hydrogen) atoms. The molecule has 0 radical (unpaired) electrons. The Morgan fingerprint density at radius 3 is 2.73 bits per heavy atom.